The molecule has 1 N–H and O–H groups in total. The van der Waals surface area contributed by atoms with E-state index in [2.05, 4.69) is 27.3 Å². The summed E-state index contributed by atoms with van der Waals surface area (Å²) in [7, 11) is 5.44. The summed E-state index contributed by atoms with van der Waals surface area (Å²) in [5, 5.41) is 6.25. The highest BCUT2D eigenvalue weighted by atomic mass is 127. The maximum atomic E-state index is 5.26. The van der Waals surface area contributed by atoms with Gasteiger partial charge in [-0.25, -0.2) is 4.98 Å². The van der Waals surface area contributed by atoms with Crippen LogP contribution in [-0.2, 0) is 11.3 Å². The van der Waals surface area contributed by atoms with Gasteiger partial charge >= 0.3 is 0 Å². The first-order chi connectivity index (χ1) is 9.12. The Balaban J connectivity index is 0.00000361. The van der Waals surface area contributed by atoms with Crippen molar-refractivity contribution < 1.29 is 4.74 Å². The number of rotatable bonds is 6. The van der Waals surface area contributed by atoms with E-state index in [1.165, 1.54) is 0 Å². The third kappa shape index (κ3) is 5.76. The number of methoxy groups -OCH3 is 1. The zero-order chi connectivity index (χ0) is 14.3. The van der Waals surface area contributed by atoms with Crippen molar-refractivity contribution in [3.63, 3.8) is 0 Å². The molecule has 20 heavy (non-hydrogen) atoms. The molecule has 1 aromatic heterocycles. The second-order valence-electron chi connectivity index (χ2n) is 4.13. The van der Waals surface area contributed by atoms with Crippen molar-refractivity contribution in [2.75, 3.05) is 27.7 Å². The largest absolute Gasteiger partial charge is 0.375 e. The third-order valence-electron chi connectivity index (χ3n) is 2.65. The van der Waals surface area contributed by atoms with E-state index in [4.69, 9.17) is 4.74 Å². The summed E-state index contributed by atoms with van der Waals surface area (Å²) in [5.74, 6) is 0.828. The molecule has 0 saturated carbocycles. The normalized spacial score (nSPS) is 12.5. The van der Waals surface area contributed by atoms with E-state index in [-0.39, 0.29) is 30.1 Å². The summed E-state index contributed by atoms with van der Waals surface area (Å²) in [4.78, 5) is 10.8. The van der Waals surface area contributed by atoms with E-state index in [0.717, 1.165) is 16.7 Å². The summed E-state index contributed by atoms with van der Waals surface area (Å²) >= 11 is 1.62. The molecule has 0 aliphatic carbocycles. The van der Waals surface area contributed by atoms with Crippen LogP contribution < -0.4 is 5.32 Å². The number of nitrogens with zero attached hydrogens (tertiary/aromatic N) is 3. The molecule has 7 heteroatoms. The lowest BCUT2D eigenvalue weighted by atomic mass is 10.4. The van der Waals surface area contributed by atoms with Crippen LogP contribution in [0.2, 0.25) is 0 Å². The van der Waals surface area contributed by atoms with Crippen molar-refractivity contribution in [3.8, 4) is 0 Å². The van der Waals surface area contributed by atoms with Gasteiger partial charge in [-0.3, -0.25) is 4.99 Å². The quantitative estimate of drug-likeness (QED) is 0.339. The van der Waals surface area contributed by atoms with E-state index in [0.29, 0.717) is 13.1 Å². The molecule has 0 spiro atoms. The Kier molecular flexibility index (Phi) is 9.78. The Morgan fingerprint density at radius 2 is 2.40 bits per heavy atom. The summed E-state index contributed by atoms with van der Waals surface area (Å²) in [6, 6.07) is 0. The molecule has 0 saturated heterocycles. The highest BCUT2D eigenvalue weighted by Gasteiger charge is 2.12. The highest BCUT2D eigenvalue weighted by molar-refractivity contribution is 14.0. The average molecular weight is 410 g/mol. The monoisotopic (exact) mass is 410 g/mol. The van der Waals surface area contributed by atoms with Crippen LogP contribution in [0.5, 0.6) is 0 Å². The van der Waals surface area contributed by atoms with Crippen LogP contribution in [0, 0.1) is 0 Å². The van der Waals surface area contributed by atoms with Crippen molar-refractivity contribution >= 4 is 41.3 Å². The lowest BCUT2D eigenvalue weighted by Gasteiger charge is -2.20. The van der Waals surface area contributed by atoms with Crippen LogP contribution in [0.1, 0.15) is 23.7 Å². The summed E-state index contributed by atoms with van der Waals surface area (Å²) in [6.07, 6.45) is 1.85. The van der Waals surface area contributed by atoms with Crippen LogP contribution in [0.4, 0.5) is 0 Å². The maximum absolute atomic E-state index is 5.26. The molecule has 0 aliphatic heterocycles. The lowest BCUT2D eigenvalue weighted by Crippen LogP contribution is -2.38. The van der Waals surface area contributed by atoms with Crippen molar-refractivity contribution in [1.29, 1.82) is 0 Å². The topological polar surface area (TPSA) is 49.8 Å². The average Bonchev–Trinajstić information content (AvgIpc) is 2.87. The minimum atomic E-state index is 0. The first-order valence-electron chi connectivity index (χ1n) is 6.12. The number of hydrogen-bond donors (Lipinski definition) is 1. The fourth-order valence-electron chi connectivity index (χ4n) is 1.55. The van der Waals surface area contributed by atoms with Gasteiger partial charge in [0.1, 0.15) is 11.1 Å². The lowest BCUT2D eigenvalue weighted by molar-refractivity contribution is 0.119. The molecule has 1 heterocycles. The highest BCUT2D eigenvalue weighted by Crippen LogP contribution is 2.20. The minimum Gasteiger partial charge on any atom is -0.375 e. The van der Waals surface area contributed by atoms with Gasteiger partial charge in [0.05, 0.1) is 12.2 Å². The van der Waals surface area contributed by atoms with Crippen molar-refractivity contribution in [2.24, 2.45) is 4.99 Å². The van der Waals surface area contributed by atoms with E-state index in [1.54, 1.807) is 31.6 Å². The molecule has 1 unspecified atom stereocenters. The second kappa shape index (κ2) is 10.1. The first kappa shape index (κ1) is 19.3. The SMILES string of the molecule is C=CCNC(=NC)N(C)Cc1csc(C(C)OC)n1.I. The van der Waals surface area contributed by atoms with Crippen molar-refractivity contribution in [2.45, 2.75) is 19.6 Å². The van der Waals surface area contributed by atoms with Gasteiger partial charge in [-0.05, 0) is 6.92 Å². The number of halogens is 1. The molecule has 5 nitrogen and oxygen atoms in total. The first-order valence-corrected chi connectivity index (χ1v) is 7.00. The van der Waals surface area contributed by atoms with E-state index < -0.39 is 0 Å². The van der Waals surface area contributed by atoms with Crippen LogP contribution in [-0.4, -0.2) is 43.6 Å². The molecule has 0 bridgehead atoms. The minimum absolute atomic E-state index is 0. The van der Waals surface area contributed by atoms with Gasteiger partial charge < -0.3 is 15.0 Å². The summed E-state index contributed by atoms with van der Waals surface area (Å²) < 4.78 is 5.26. The predicted molar refractivity (Wildman–Crippen MR) is 96.0 cm³/mol. The Labute approximate surface area is 142 Å². The smallest absolute Gasteiger partial charge is 0.193 e. The van der Waals surface area contributed by atoms with Gasteiger partial charge in [0.2, 0.25) is 0 Å². The Morgan fingerprint density at radius 1 is 1.70 bits per heavy atom. The molecule has 0 radical (unpaired) electrons. The van der Waals surface area contributed by atoms with Crippen LogP contribution in [0.3, 0.4) is 0 Å². The van der Waals surface area contributed by atoms with Gasteiger partial charge in [0.15, 0.2) is 5.96 Å². The molecule has 1 aromatic rings. The second-order valence-corrected chi connectivity index (χ2v) is 5.02. The fraction of sp³-hybridized carbons (Fsp3) is 0.538. The number of nitrogens with one attached hydrogen (secondary N) is 1. The van der Waals surface area contributed by atoms with Crippen molar-refractivity contribution in [3.05, 3.63) is 28.7 Å². The van der Waals surface area contributed by atoms with E-state index in [9.17, 15) is 0 Å². The molecule has 1 rings (SSSR count). The Hall–Kier alpha value is -0.670. The fourth-order valence-corrected chi connectivity index (χ4v) is 2.39. The van der Waals surface area contributed by atoms with Gasteiger partial charge in [-0.1, -0.05) is 6.08 Å². The van der Waals surface area contributed by atoms with Gasteiger partial charge in [-0.15, -0.1) is 41.9 Å². The summed E-state index contributed by atoms with van der Waals surface area (Å²) in [6.45, 7) is 7.09. The molecule has 0 amide bonds. The van der Waals surface area contributed by atoms with E-state index >= 15 is 0 Å². The molecule has 0 fully saturated rings. The van der Waals surface area contributed by atoms with Crippen LogP contribution >= 0.6 is 35.3 Å². The van der Waals surface area contributed by atoms with Crippen LogP contribution in [0.15, 0.2) is 23.0 Å². The third-order valence-corrected chi connectivity index (χ3v) is 3.70. The number of aliphatic imine (C=N–C) groups is 1. The zero-order valence-corrected chi connectivity index (χ0v) is 15.6. The van der Waals surface area contributed by atoms with Crippen LogP contribution in [0.25, 0.3) is 0 Å². The number of ether oxygens (including phenoxy) is 1. The predicted octanol–water partition coefficient (Wildman–Crippen LogP) is 2.66. The summed E-state index contributed by atoms with van der Waals surface area (Å²) in [5.41, 5.74) is 1.02. The number of thiazole rings is 1. The Bertz CT molecular complexity index is 436. The number of guanidine groups is 1. The number of aromatic nitrogens is 1. The van der Waals surface area contributed by atoms with E-state index in [1.807, 2.05) is 18.9 Å². The number of hydrogen-bond acceptors (Lipinski definition) is 4. The van der Waals surface area contributed by atoms with Gasteiger partial charge in [0.25, 0.3) is 0 Å². The molecule has 1 atom stereocenters. The molecule has 114 valence electrons. The molecule has 0 aromatic carbocycles. The maximum Gasteiger partial charge on any atom is 0.193 e. The molecule has 0 aliphatic rings. The standard InChI is InChI=1S/C13H22N4OS.HI/c1-6-7-15-13(14-3)17(4)8-11-9-19-12(16-11)10(2)18-5;/h6,9-10H,1,7-8H2,2-5H3,(H,14,15);1H. The zero-order valence-electron chi connectivity index (χ0n) is 12.4. The van der Waals surface area contributed by atoms with Gasteiger partial charge in [-0.2, -0.15) is 0 Å². The molecular formula is C13H23IN4OS. The Morgan fingerprint density at radius 3 is 2.95 bits per heavy atom. The van der Waals surface area contributed by atoms with Gasteiger partial charge in [0, 0.05) is 33.1 Å². The molecular weight excluding hydrogens is 387 g/mol. The van der Waals surface area contributed by atoms with Crippen molar-refractivity contribution in [1.82, 2.24) is 15.2 Å².